The third-order valence-electron chi connectivity index (χ3n) is 2.66. The number of fused-ring (bicyclic) bond motifs is 1. The topological polar surface area (TPSA) is 12.9 Å². The second-order valence-corrected chi connectivity index (χ2v) is 4.53. The fraction of sp³-hybridized carbons (Fsp3) is 0.308. The van der Waals surface area contributed by atoms with Crippen molar-refractivity contribution >= 4 is 22.5 Å². The molecular formula is C13H14ClN. The van der Waals surface area contributed by atoms with Gasteiger partial charge in [0.2, 0.25) is 0 Å². The zero-order chi connectivity index (χ0) is 11.0. The smallest absolute Gasteiger partial charge is 0.0751 e. The molecule has 0 radical (unpaired) electrons. The molecule has 2 rings (SSSR count). The Bertz CT molecular complexity index is 503. The van der Waals surface area contributed by atoms with Crippen molar-refractivity contribution in [2.45, 2.75) is 26.7 Å². The molecule has 0 bridgehead atoms. The highest BCUT2D eigenvalue weighted by atomic mass is 35.5. The lowest BCUT2D eigenvalue weighted by Gasteiger charge is -2.10. The first-order chi connectivity index (χ1) is 7.11. The second-order valence-electron chi connectivity index (χ2n) is 4.15. The summed E-state index contributed by atoms with van der Waals surface area (Å²) in [4.78, 5) is 4.48. The van der Waals surface area contributed by atoms with E-state index in [0.29, 0.717) is 5.92 Å². The molecule has 78 valence electrons. The number of aryl methyl sites for hydroxylation is 1. The summed E-state index contributed by atoms with van der Waals surface area (Å²) >= 11 is 6.26. The average Bonchev–Trinajstić information content (AvgIpc) is 2.23. The van der Waals surface area contributed by atoms with Crippen LogP contribution in [-0.2, 0) is 0 Å². The molecule has 0 saturated heterocycles. The third-order valence-corrected chi connectivity index (χ3v) is 3.16. The summed E-state index contributed by atoms with van der Waals surface area (Å²) in [5, 5.41) is 1.88. The second kappa shape index (κ2) is 3.82. The molecule has 15 heavy (non-hydrogen) atoms. The number of rotatable bonds is 1. The molecular weight excluding hydrogens is 206 g/mol. The van der Waals surface area contributed by atoms with Gasteiger partial charge in [-0.15, -0.1) is 0 Å². The highest BCUT2D eigenvalue weighted by molar-refractivity contribution is 6.36. The Morgan fingerprint density at radius 3 is 2.67 bits per heavy atom. The van der Waals surface area contributed by atoms with Gasteiger partial charge in [0, 0.05) is 11.6 Å². The lowest BCUT2D eigenvalue weighted by Crippen LogP contribution is -1.93. The summed E-state index contributed by atoms with van der Waals surface area (Å²) < 4.78 is 0. The molecule has 0 N–H and O–H groups in total. The number of hydrogen-bond donors (Lipinski definition) is 0. The number of halogens is 1. The predicted molar refractivity (Wildman–Crippen MR) is 65.6 cm³/mol. The Labute approximate surface area is 95.1 Å². The van der Waals surface area contributed by atoms with E-state index in [0.717, 1.165) is 21.5 Å². The molecule has 0 spiro atoms. The van der Waals surface area contributed by atoms with E-state index in [1.54, 1.807) is 0 Å². The Balaban J connectivity index is 2.83. The van der Waals surface area contributed by atoms with Crippen LogP contribution >= 0.6 is 11.6 Å². The van der Waals surface area contributed by atoms with Crippen LogP contribution in [0, 0.1) is 6.92 Å². The van der Waals surface area contributed by atoms with Gasteiger partial charge in [-0.2, -0.15) is 0 Å². The summed E-state index contributed by atoms with van der Waals surface area (Å²) in [7, 11) is 0. The van der Waals surface area contributed by atoms with E-state index in [4.69, 9.17) is 11.6 Å². The van der Waals surface area contributed by atoms with Crippen LogP contribution in [-0.4, -0.2) is 4.98 Å². The molecule has 1 nitrogen and oxygen atoms in total. The van der Waals surface area contributed by atoms with Crippen molar-refractivity contribution in [1.82, 2.24) is 4.98 Å². The van der Waals surface area contributed by atoms with Gasteiger partial charge in [-0.1, -0.05) is 43.6 Å². The first kappa shape index (κ1) is 10.4. The fourth-order valence-corrected chi connectivity index (χ4v) is 1.98. The molecule has 0 aliphatic heterocycles. The van der Waals surface area contributed by atoms with Gasteiger partial charge >= 0.3 is 0 Å². The number of nitrogens with zero attached hydrogens (tertiary/aromatic N) is 1. The van der Waals surface area contributed by atoms with Gasteiger partial charge in [0.05, 0.1) is 10.5 Å². The quantitative estimate of drug-likeness (QED) is 0.696. The number of aromatic nitrogens is 1. The van der Waals surface area contributed by atoms with Crippen LogP contribution in [0.15, 0.2) is 24.4 Å². The van der Waals surface area contributed by atoms with E-state index in [-0.39, 0.29) is 0 Å². The first-order valence-corrected chi connectivity index (χ1v) is 5.52. The highest BCUT2D eigenvalue weighted by Gasteiger charge is 2.09. The lowest BCUT2D eigenvalue weighted by molar-refractivity contribution is 0.872. The standard InChI is InChI=1S/C13H14ClN/c1-8(2)10-5-4-6-11-12(14)9(3)7-15-13(10)11/h4-8H,1-3H3. The molecule has 0 saturated carbocycles. The van der Waals surface area contributed by atoms with E-state index in [1.807, 2.05) is 25.3 Å². The van der Waals surface area contributed by atoms with Gasteiger partial charge in [-0.3, -0.25) is 4.98 Å². The van der Waals surface area contributed by atoms with Crippen molar-refractivity contribution in [3.05, 3.63) is 40.5 Å². The average molecular weight is 220 g/mol. The van der Waals surface area contributed by atoms with Crippen LogP contribution in [0.2, 0.25) is 5.02 Å². The first-order valence-electron chi connectivity index (χ1n) is 5.15. The fourth-order valence-electron chi connectivity index (χ4n) is 1.78. The van der Waals surface area contributed by atoms with Crippen molar-refractivity contribution < 1.29 is 0 Å². The molecule has 0 aliphatic carbocycles. The summed E-state index contributed by atoms with van der Waals surface area (Å²) in [5.74, 6) is 0.472. The van der Waals surface area contributed by atoms with Gasteiger partial charge in [0.25, 0.3) is 0 Å². The maximum atomic E-state index is 6.26. The van der Waals surface area contributed by atoms with E-state index < -0.39 is 0 Å². The lowest BCUT2D eigenvalue weighted by atomic mass is 9.99. The molecule has 0 aliphatic rings. The summed E-state index contributed by atoms with van der Waals surface area (Å²) in [6.45, 7) is 6.32. The Kier molecular flexibility index (Phi) is 2.66. The molecule has 2 aromatic rings. The zero-order valence-electron chi connectivity index (χ0n) is 9.21. The molecule has 2 heteroatoms. The number of para-hydroxylation sites is 1. The van der Waals surface area contributed by atoms with Crippen LogP contribution in [0.3, 0.4) is 0 Å². The normalized spacial score (nSPS) is 11.3. The van der Waals surface area contributed by atoms with Gasteiger partial charge in [0.15, 0.2) is 0 Å². The minimum Gasteiger partial charge on any atom is -0.256 e. The van der Waals surface area contributed by atoms with Crippen molar-refractivity contribution in [1.29, 1.82) is 0 Å². The van der Waals surface area contributed by atoms with Crippen molar-refractivity contribution in [2.24, 2.45) is 0 Å². The SMILES string of the molecule is Cc1cnc2c(C(C)C)cccc2c1Cl. The van der Waals surface area contributed by atoms with Crippen molar-refractivity contribution in [3.63, 3.8) is 0 Å². The zero-order valence-corrected chi connectivity index (χ0v) is 9.97. The van der Waals surface area contributed by atoms with Crippen LogP contribution in [0.4, 0.5) is 0 Å². The largest absolute Gasteiger partial charge is 0.256 e. The number of hydrogen-bond acceptors (Lipinski definition) is 1. The monoisotopic (exact) mass is 219 g/mol. The minimum atomic E-state index is 0.472. The van der Waals surface area contributed by atoms with Crippen molar-refractivity contribution in [2.75, 3.05) is 0 Å². The van der Waals surface area contributed by atoms with Crippen molar-refractivity contribution in [3.8, 4) is 0 Å². The molecule has 0 amide bonds. The van der Waals surface area contributed by atoms with Crippen LogP contribution < -0.4 is 0 Å². The van der Waals surface area contributed by atoms with Gasteiger partial charge < -0.3 is 0 Å². The number of benzene rings is 1. The highest BCUT2D eigenvalue weighted by Crippen LogP contribution is 2.30. The maximum absolute atomic E-state index is 6.26. The minimum absolute atomic E-state index is 0.472. The summed E-state index contributed by atoms with van der Waals surface area (Å²) in [6.07, 6.45) is 1.84. The van der Waals surface area contributed by atoms with Gasteiger partial charge in [0.1, 0.15) is 0 Å². The van der Waals surface area contributed by atoms with Gasteiger partial charge in [-0.05, 0) is 24.0 Å². The van der Waals surface area contributed by atoms with E-state index in [2.05, 4.69) is 24.9 Å². The molecule has 0 unspecified atom stereocenters. The maximum Gasteiger partial charge on any atom is 0.0751 e. The number of pyridine rings is 1. The molecule has 1 aromatic heterocycles. The molecule has 0 fully saturated rings. The molecule has 1 heterocycles. The summed E-state index contributed by atoms with van der Waals surface area (Å²) in [5.41, 5.74) is 3.32. The Morgan fingerprint density at radius 2 is 2.00 bits per heavy atom. The van der Waals surface area contributed by atoms with E-state index >= 15 is 0 Å². The van der Waals surface area contributed by atoms with Crippen LogP contribution in [0.25, 0.3) is 10.9 Å². The van der Waals surface area contributed by atoms with Gasteiger partial charge in [-0.25, -0.2) is 0 Å². The summed E-state index contributed by atoms with van der Waals surface area (Å²) in [6, 6.07) is 6.19. The molecule has 0 atom stereocenters. The van der Waals surface area contributed by atoms with E-state index in [1.165, 1.54) is 5.56 Å². The van der Waals surface area contributed by atoms with E-state index in [9.17, 15) is 0 Å². The van der Waals surface area contributed by atoms with Crippen LogP contribution in [0.1, 0.15) is 30.9 Å². The van der Waals surface area contributed by atoms with Crippen LogP contribution in [0.5, 0.6) is 0 Å². The Morgan fingerprint density at radius 1 is 1.27 bits per heavy atom. The third kappa shape index (κ3) is 1.72. The Hall–Kier alpha value is -1.08. The predicted octanol–water partition coefficient (Wildman–Crippen LogP) is 4.32. The molecule has 1 aromatic carbocycles.